The molecule has 1 aliphatic heterocycles. The summed E-state index contributed by atoms with van der Waals surface area (Å²) >= 11 is 0. The summed E-state index contributed by atoms with van der Waals surface area (Å²) in [6.07, 6.45) is 5.06. The first-order chi connectivity index (χ1) is 10.2. The van der Waals surface area contributed by atoms with Gasteiger partial charge >= 0.3 is 0 Å². The third-order valence-electron chi connectivity index (χ3n) is 4.26. The van der Waals surface area contributed by atoms with Gasteiger partial charge in [0.25, 0.3) is 0 Å². The molecule has 0 bridgehead atoms. The van der Waals surface area contributed by atoms with Gasteiger partial charge in [-0.15, -0.1) is 0 Å². The molecule has 1 saturated heterocycles. The standard InChI is InChI=1S/C18H27NO2/c1-3-7-15-10-12-19(13-11-15)14-17(20)16-8-5-6-9-18(16)21-4-2/h5-6,8-9,15H,3-4,7,10-14H2,1-2H3. The van der Waals surface area contributed by atoms with Crippen molar-refractivity contribution in [2.24, 2.45) is 5.92 Å². The van der Waals surface area contributed by atoms with Crippen molar-refractivity contribution in [1.29, 1.82) is 0 Å². The molecule has 0 amide bonds. The smallest absolute Gasteiger partial charge is 0.180 e. The lowest BCUT2D eigenvalue weighted by atomic mass is 9.92. The van der Waals surface area contributed by atoms with Crippen molar-refractivity contribution in [3.05, 3.63) is 29.8 Å². The molecule has 1 aromatic carbocycles. The van der Waals surface area contributed by atoms with E-state index in [1.54, 1.807) is 0 Å². The molecule has 0 saturated carbocycles. The minimum absolute atomic E-state index is 0.174. The Balaban J connectivity index is 1.90. The number of ether oxygens (including phenoxy) is 1. The largest absolute Gasteiger partial charge is 0.493 e. The fourth-order valence-corrected chi connectivity index (χ4v) is 3.11. The molecule has 0 aromatic heterocycles. The fraction of sp³-hybridized carbons (Fsp3) is 0.611. The molecule has 0 spiro atoms. The molecule has 0 unspecified atom stereocenters. The second kappa shape index (κ2) is 8.18. The zero-order valence-electron chi connectivity index (χ0n) is 13.3. The van der Waals surface area contributed by atoms with Crippen LogP contribution in [0.15, 0.2) is 24.3 Å². The first-order valence-corrected chi connectivity index (χ1v) is 8.22. The lowest BCUT2D eigenvalue weighted by Gasteiger charge is -2.31. The molecule has 1 heterocycles. The molecule has 21 heavy (non-hydrogen) atoms. The number of carbonyl (C=O) groups excluding carboxylic acids is 1. The topological polar surface area (TPSA) is 29.5 Å². The van der Waals surface area contributed by atoms with Crippen molar-refractivity contribution < 1.29 is 9.53 Å². The Morgan fingerprint density at radius 3 is 2.62 bits per heavy atom. The zero-order valence-corrected chi connectivity index (χ0v) is 13.3. The minimum atomic E-state index is 0.174. The normalized spacial score (nSPS) is 16.9. The third-order valence-corrected chi connectivity index (χ3v) is 4.26. The Kier molecular flexibility index (Phi) is 6.24. The monoisotopic (exact) mass is 289 g/mol. The van der Waals surface area contributed by atoms with Gasteiger partial charge in [-0.1, -0.05) is 31.9 Å². The van der Waals surface area contributed by atoms with E-state index in [1.165, 1.54) is 25.7 Å². The Bertz CT molecular complexity index is 450. The molecule has 116 valence electrons. The van der Waals surface area contributed by atoms with Crippen LogP contribution in [0.4, 0.5) is 0 Å². The predicted octanol–water partition coefficient (Wildman–Crippen LogP) is 3.78. The molecule has 0 radical (unpaired) electrons. The van der Waals surface area contributed by atoms with Crippen LogP contribution in [0.2, 0.25) is 0 Å². The maximum Gasteiger partial charge on any atom is 0.180 e. The number of rotatable bonds is 7. The number of piperidine rings is 1. The maximum atomic E-state index is 12.5. The van der Waals surface area contributed by atoms with Crippen LogP contribution in [0.1, 0.15) is 49.9 Å². The average Bonchev–Trinajstić information content (AvgIpc) is 2.50. The van der Waals surface area contributed by atoms with Gasteiger partial charge in [-0.25, -0.2) is 0 Å². The quantitative estimate of drug-likeness (QED) is 0.715. The van der Waals surface area contributed by atoms with Crippen LogP contribution in [0.25, 0.3) is 0 Å². The number of hydrogen-bond donors (Lipinski definition) is 0. The molecule has 1 fully saturated rings. The van der Waals surface area contributed by atoms with Gasteiger partial charge in [0.1, 0.15) is 5.75 Å². The van der Waals surface area contributed by atoms with Crippen molar-refractivity contribution in [2.75, 3.05) is 26.2 Å². The number of ketones is 1. The highest BCUT2D eigenvalue weighted by atomic mass is 16.5. The van der Waals surface area contributed by atoms with Crippen LogP contribution in [0.5, 0.6) is 5.75 Å². The van der Waals surface area contributed by atoms with Gasteiger partial charge in [0.2, 0.25) is 0 Å². The maximum absolute atomic E-state index is 12.5. The minimum Gasteiger partial charge on any atom is -0.493 e. The number of hydrogen-bond acceptors (Lipinski definition) is 3. The summed E-state index contributed by atoms with van der Waals surface area (Å²) in [5.41, 5.74) is 0.718. The van der Waals surface area contributed by atoms with E-state index in [2.05, 4.69) is 11.8 Å². The van der Waals surface area contributed by atoms with E-state index in [4.69, 9.17) is 4.74 Å². The number of Topliss-reactive ketones (excluding diaryl/α,β-unsaturated/α-hetero) is 1. The first-order valence-electron chi connectivity index (χ1n) is 8.22. The van der Waals surface area contributed by atoms with E-state index in [-0.39, 0.29) is 5.78 Å². The summed E-state index contributed by atoms with van der Waals surface area (Å²) in [5.74, 6) is 1.75. The van der Waals surface area contributed by atoms with Gasteiger partial charge in [-0.2, -0.15) is 0 Å². The van der Waals surface area contributed by atoms with Gasteiger partial charge in [0.05, 0.1) is 18.7 Å². The van der Waals surface area contributed by atoms with Crippen LogP contribution in [0, 0.1) is 5.92 Å². The third kappa shape index (κ3) is 4.57. The van der Waals surface area contributed by atoms with Gasteiger partial charge in [-0.3, -0.25) is 9.69 Å². The SMILES string of the molecule is CCCC1CCN(CC(=O)c2ccccc2OCC)CC1. The van der Waals surface area contributed by atoms with E-state index in [9.17, 15) is 4.79 Å². The molecule has 0 atom stereocenters. The Labute approximate surface area is 128 Å². The van der Waals surface area contributed by atoms with Crippen molar-refractivity contribution in [3.63, 3.8) is 0 Å². The lowest BCUT2D eigenvalue weighted by Crippen LogP contribution is -2.37. The molecule has 3 nitrogen and oxygen atoms in total. The van der Waals surface area contributed by atoms with Crippen molar-refractivity contribution in [3.8, 4) is 5.75 Å². The molecular formula is C18H27NO2. The summed E-state index contributed by atoms with van der Waals surface area (Å²) in [5, 5.41) is 0. The average molecular weight is 289 g/mol. The molecule has 2 rings (SSSR count). The Morgan fingerprint density at radius 2 is 1.95 bits per heavy atom. The van der Waals surface area contributed by atoms with E-state index < -0.39 is 0 Å². The summed E-state index contributed by atoms with van der Waals surface area (Å²) in [4.78, 5) is 14.8. The summed E-state index contributed by atoms with van der Waals surface area (Å²) < 4.78 is 5.56. The molecule has 0 N–H and O–H groups in total. The molecular weight excluding hydrogens is 262 g/mol. The number of nitrogens with zero attached hydrogens (tertiary/aromatic N) is 1. The Morgan fingerprint density at radius 1 is 1.24 bits per heavy atom. The van der Waals surface area contributed by atoms with Gasteiger partial charge < -0.3 is 4.74 Å². The van der Waals surface area contributed by atoms with Gasteiger partial charge in [0.15, 0.2) is 5.78 Å². The van der Waals surface area contributed by atoms with Crippen LogP contribution in [-0.4, -0.2) is 36.9 Å². The second-order valence-electron chi connectivity index (χ2n) is 5.86. The van der Waals surface area contributed by atoms with Crippen molar-refractivity contribution in [2.45, 2.75) is 39.5 Å². The molecule has 0 aliphatic carbocycles. The highest BCUT2D eigenvalue weighted by Gasteiger charge is 2.21. The number of likely N-dealkylation sites (tertiary alicyclic amines) is 1. The second-order valence-corrected chi connectivity index (χ2v) is 5.86. The number of para-hydroxylation sites is 1. The summed E-state index contributed by atoms with van der Waals surface area (Å²) in [7, 11) is 0. The molecule has 3 heteroatoms. The molecule has 1 aliphatic rings. The zero-order chi connectivity index (χ0) is 15.1. The van der Waals surface area contributed by atoms with Crippen molar-refractivity contribution >= 4 is 5.78 Å². The van der Waals surface area contributed by atoms with E-state index in [1.807, 2.05) is 31.2 Å². The van der Waals surface area contributed by atoms with Gasteiger partial charge in [-0.05, 0) is 50.9 Å². The first kappa shape index (κ1) is 16.0. The van der Waals surface area contributed by atoms with Crippen LogP contribution in [0.3, 0.4) is 0 Å². The van der Waals surface area contributed by atoms with Crippen molar-refractivity contribution in [1.82, 2.24) is 4.90 Å². The summed E-state index contributed by atoms with van der Waals surface area (Å²) in [6, 6.07) is 7.57. The molecule has 1 aromatic rings. The fourth-order valence-electron chi connectivity index (χ4n) is 3.11. The highest BCUT2D eigenvalue weighted by Crippen LogP contribution is 2.23. The van der Waals surface area contributed by atoms with Crippen LogP contribution in [-0.2, 0) is 0 Å². The van der Waals surface area contributed by atoms with Crippen LogP contribution < -0.4 is 4.74 Å². The highest BCUT2D eigenvalue weighted by molar-refractivity contribution is 6.00. The van der Waals surface area contributed by atoms with Crippen LogP contribution >= 0.6 is 0 Å². The van der Waals surface area contributed by atoms with E-state index in [0.717, 1.165) is 24.6 Å². The van der Waals surface area contributed by atoms with Gasteiger partial charge in [0, 0.05) is 0 Å². The Hall–Kier alpha value is -1.35. The number of benzene rings is 1. The number of carbonyl (C=O) groups is 1. The predicted molar refractivity (Wildman–Crippen MR) is 86.0 cm³/mol. The van der Waals surface area contributed by atoms with E-state index in [0.29, 0.717) is 18.9 Å². The summed E-state index contributed by atoms with van der Waals surface area (Å²) in [6.45, 7) is 7.40. The van der Waals surface area contributed by atoms with E-state index >= 15 is 0 Å². The lowest BCUT2D eigenvalue weighted by molar-refractivity contribution is 0.0889.